The van der Waals surface area contributed by atoms with Gasteiger partial charge in [0.2, 0.25) is 0 Å². The first kappa shape index (κ1) is 13.3. The van der Waals surface area contributed by atoms with Crippen molar-refractivity contribution in [1.29, 1.82) is 0 Å². The van der Waals surface area contributed by atoms with Gasteiger partial charge in [-0.3, -0.25) is 4.68 Å². The molecule has 2 aromatic heterocycles. The Balaban J connectivity index is 2.36. The van der Waals surface area contributed by atoms with Gasteiger partial charge >= 0.3 is 5.97 Å². The van der Waals surface area contributed by atoms with Crippen LogP contribution in [0.2, 0.25) is 0 Å². The van der Waals surface area contributed by atoms with Crippen molar-refractivity contribution in [2.75, 3.05) is 0 Å². The van der Waals surface area contributed by atoms with E-state index in [0.717, 1.165) is 24.8 Å². The Kier molecular flexibility index (Phi) is 3.94. The molecule has 0 aliphatic carbocycles. The van der Waals surface area contributed by atoms with Crippen molar-refractivity contribution in [3.63, 3.8) is 0 Å². The molecular formula is C12H17N5O2. The quantitative estimate of drug-likeness (QED) is 0.799. The molecule has 0 spiro atoms. The minimum atomic E-state index is -1.07. The first-order valence-corrected chi connectivity index (χ1v) is 6.29. The molecular weight excluding hydrogens is 246 g/mol. The van der Waals surface area contributed by atoms with E-state index in [1.807, 2.05) is 0 Å². The lowest BCUT2D eigenvalue weighted by Crippen LogP contribution is -2.05. The maximum absolute atomic E-state index is 11.2. The van der Waals surface area contributed by atoms with Gasteiger partial charge in [-0.15, -0.1) is 5.10 Å². The smallest absolute Gasteiger partial charge is 0.358 e. The van der Waals surface area contributed by atoms with E-state index in [1.165, 1.54) is 0 Å². The zero-order valence-electron chi connectivity index (χ0n) is 11.1. The second-order valence-electron chi connectivity index (χ2n) is 4.42. The lowest BCUT2D eigenvalue weighted by Gasteiger charge is -2.04. The van der Waals surface area contributed by atoms with E-state index in [4.69, 9.17) is 0 Å². The van der Waals surface area contributed by atoms with E-state index in [0.29, 0.717) is 12.2 Å². The molecule has 0 bridgehead atoms. The molecule has 0 saturated heterocycles. The van der Waals surface area contributed by atoms with Crippen molar-refractivity contribution in [1.82, 2.24) is 24.8 Å². The average Bonchev–Trinajstić information content (AvgIpc) is 2.95. The fourth-order valence-corrected chi connectivity index (χ4v) is 1.95. The molecule has 2 aromatic rings. The van der Waals surface area contributed by atoms with Crippen LogP contribution in [0.15, 0.2) is 12.4 Å². The summed E-state index contributed by atoms with van der Waals surface area (Å²) in [7, 11) is 1.79. The molecule has 0 aliphatic heterocycles. The third-order valence-electron chi connectivity index (χ3n) is 2.89. The molecule has 0 radical (unpaired) electrons. The summed E-state index contributed by atoms with van der Waals surface area (Å²) in [6.07, 6.45) is 6.52. The first-order chi connectivity index (χ1) is 9.13. The van der Waals surface area contributed by atoms with Gasteiger partial charge in [-0.1, -0.05) is 25.0 Å². The predicted octanol–water partition coefficient (Wildman–Crippen LogP) is 1.57. The molecule has 0 unspecified atom stereocenters. The van der Waals surface area contributed by atoms with Crippen LogP contribution in [-0.2, 0) is 13.6 Å². The van der Waals surface area contributed by atoms with Crippen LogP contribution in [0.4, 0.5) is 0 Å². The van der Waals surface area contributed by atoms with E-state index < -0.39 is 5.97 Å². The van der Waals surface area contributed by atoms with Gasteiger partial charge in [0, 0.05) is 25.4 Å². The van der Waals surface area contributed by atoms with Crippen LogP contribution in [0.25, 0.3) is 11.3 Å². The highest BCUT2D eigenvalue weighted by atomic mass is 16.4. The zero-order chi connectivity index (χ0) is 13.8. The molecule has 1 N–H and O–H groups in total. The molecule has 0 amide bonds. The summed E-state index contributed by atoms with van der Waals surface area (Å²) >= 11 is 0. The third-order valence-corrected chi connectivity index (χ3v) is 2.89. The SMILES string of the molecule is CCCCCn1nnc(C(=O)O)c1-c1cnn(C)c1. The topological polar surface area (TPSA) is 85.8 Å². The summed E-state index contributed by atoms with van der Waals surface area (Å²) in [6.45, 7) is 2.78. The van der Waals surface area contributed by atoms with Crippen LogP contribution in [0.5, 0.6) is 0 Å². The Hall–Kier alpha value is -2.18. The van der Waals surface area contributed by atoms with Crippen molar-refractivity contribution in [2.24, 2.45) is 7.05 Å². The number of unbranched alkanes of at least 4 members (excludes halogenated alkanes) is 2. The van der Waals surface area contributed by atoms with E-state index in [-0.39, 0.29) is 5.69 Å². The minimum absolute atomic E-state index is 0.0236. The number of carboxylic acids is 1. The number of rotatable bonds is 6. The van der Waals surface area contributed by atoms with Crippen molar-refractivity contribution in [3.05, 3.63) is 18.1 Å². The second kappa shape index (κ2) is 5.64. The number of hydrogen-bond acceptors (Lipinski definition) is 4. The normalized spacial score (nSPS) is 10.8. The fraction of sp³-hybridized carbons (Fsp3) is 0.500. The molecule has 102 valence electrons. The van der Waals surface area contributed by atoms with Crippen LogP contribution in [0, 0.1) is 0 Å². The van der Waals surface area contributed by atoms with Gasteiger partial charge in [-0.25, -0.2) is 9.48 Å². The Morgan fingerprint density at radius 2 is 2.21 bits per heavy atom. The van der Waals surface area contributed by atoms with Crippen molar-refractivity contribution < 1.29 is 9.90 Å². The number of aryl methyl sites for hydroxylation is 2. The number of carbonyl (C=O) groups is 1. The standard InChI is InChI=1S/C12H17N5O2/c1-3-4-5-6-17-11(9-7-13-16(2)8-9)10(12(18)19)14-15-17/h7-8H,3-6H2,1-2H3,(H,18,19). The molecule has 0 aromatic carbocycles. The van der Waals surface area contributed by atoms with Gasteiger partial charge in [0.15, 0.2) is 5.69 Å². The number of aromatic carboxylic acids is 1. The number of hydrogen-bond donors (Lipinski definition) is 1. The fourth-order valence-electron chi connectivity index (χ4n) is 1.95. The number of nitrogens with zero attached hydrogens (tertiary/aromatic N) is 5. The lowest BCUT2D eigenvalue weighted by molar-refractivity contribution is 0.0691. The van der Waals surface area contributed by atoms with Gasteiger partial charge < -0.3 is 5.11 Å². The van der Waals surface area contributed by atoms with Gasteiger partial charge in [-0.2, -0.15) is 5.10 Å². The summed E-state index contributed by atoms with van der Waals surface area (Å²) in [5.74, 6) is -1.07. The second-order valence-corrected chi connectivity index (χ2v) is 4.42. The van der Waals surface area contributed by atoms with Gasteiger partial charge in [-0.05, 0) is 6.42 Å². The Labute approximate surface area is 110 Å². The van der Waals surface area contributed by atoms with Gasteiger partial charge in [0.05, 0.1) is 6.20 Å². The highest BCUT2D eigenvalue weighted by molar-refractivity contribution is 5.92. The van der Waals surface area contributed by atoms with Crippen LogP contribution in [0.3, 0.4) is 0 Å². The van der Waals surface area contributed by atoms with E-state index in [2.05, 4.69) is 22.3 Å². The molecule has 2 rings (SSSR count). The highest BCUT2D eigenvalue weighted by Crippen LogP contribution is 2.22. The third kappa shape index (κ3) is 2.81. The summed E-state index contributed by atoms with van der Waals surface area (Å²) < 4.78 is 3.28. The van der Waals surface area contributed by atoms with Crippen molar-refractivity contribution >= 4 is 5.97 Å². The van der Waals surface area contributed by atoms with Crippen LogP contribution in [-0.4, -0.2) is 35.9 Å². The molecule has 0 saturated carbocycles. The Morgan fingerprint density at radius 1 is 1.42 bits per heavy atom. The maximum Gasteiger partial charge on any atom is 0.358 e. The van der Waals surface area contributed by atoms with E-state index in [9.17, 15) is 9.90 Å². The van der Waals surface area contributed by atoms with Crippen LogP contribution >= 0.6 is 0 Å². The average molecular weight is 263 g/mol. The molecule has 0 atom stereocenters. The predicted molar refractivity (Wildman–Crippen MR) is 68.7 cm³/mol. The Morgan fingerprint density at radius 3 is 2.79 bits per heavy atom. The number of carboxylic acid groups (broad SMARTS) is 1. The molecule has 19 heavy (non-hydrogen) atoms. The zero-order valence-corrected chi connectivity index (χ0v) is 11.1. The summed E-state index contributed by atoms with van der Waals surface area (Å²) in [4.78, 5) is 11.2. The van der Waals surface area contributed by atoms with Crippen LogP contribution < -0.4 is 0 Å². The Bertz CT molecular complexity index is 572. The molecule has 0 aliphatic rings. The highest BCUT2D eigenvalue weighted by Gasteiger charge is 2.21. The molecule has 0 fully saturated rings. The minimum Gasteiger partial charge on any atom is -0.476 e. The maximum atomic E-state index is 11.2. The van der Waals surface area contributed by atoms with E-state index in [1.54, 1.807) is 28.8 Å². The van der Waals surface area contributed by atoms with Crippen molar-refractivity contribution in [3.8, 4) is 11.3 Å². The summed E-state index contributed by atoms with van der Waals surface area (Å²) in [5.41, 5.74) is 1.22. The summed E-state index contributed by atoms with van der Waals surface area (Å²) in [5, 5.41) is 20.9. The molecule has 2 heterocycles. The van der Waals surface area contributed by atoms with E-state index >= 15 is 0 Å². The molecule has 7 heteroatoms. The van der Waals surface area contributed by atoms with Gasteiger partial charge in [0.1, 0.15) is 5.69 Å². The number of aromatic nitrogens is 5. The first-order valence-electron chi connectivity index (χ1n) is 6.29. The lowest BCUT2D eigenvalue weighted by atomic mass is 10.2. The summed E-state index contributed by atoms with van der Waals surface area (Å²) in [6, 6.07) is 0. The molecule has 7 nitrogen and oxygen atoms in total. The largest absolute Gasteiger partial charge is 0.476 e. The van der Waals surface area contributed by atoms with Crippen LogP contribution in [0.1, 0.15) is 36.7 Å². The van der Waals surface area contributed by atoms with Gasteiger partial charge in [0.25, 0.3) is 0 Å². The van der Waals surface area contributed by atoms with Crippen molar-refractivity contribution in [2.45, 2.75) is 32.7 Å². The monoisotopic (exact) mass is 263 g/mol.